The number of amides is 1. The van der Waals surface area contributed by atoms with E-state index in [-0.39, 0.29) is 23.4 Å². The van der Waals surface area contributed by atoms with Crippen LogP contribution in [0.25, 0.3) is 0 Å². The maximum atomic E-state index is 13.0. The Morgan fingerprint density at radius 2 is 2.04 bits per heavy atom. The Balaban J connectivity index is 1.88. The number of piperidine rings is 1. The average Bonchev–Trinajstić information content (AvgIpc) is 2.59. The molecule has 1 aliphatic heterocycles. The first-order valence-electron chi connectivity index (χ1n) is 8.27. The van der Waals surface area contributed by atoms with Crippen molar-refractivity contribution in [2.75, 3.05) is 26.3 Å². The number of ether oxygens (including phenoxy) is 1. The molecule has 1 atom stereocenters. The fraction of sp³-hybridized carbons (Fsp3) is 0.556. The molecule has 0 bridgehead atoms. The van der Waals surface area contributed by atoms with Crippen molar-refractivity contribution in [3.63, 3.8) is 0 Å². The number of nitrogens with zero attached hydrogens (tertiary/aromatic N) is 1. The van der Waals surface area contributed by atoms with Gasteiger partial charge in [-0.25, -0.2) is 4.39 Å². The minimum absolute atomic E-state index is 0.00295. The van der Waals surface area contributed by atoms with E-state index in [0.717, 1.165) is 12.8 Å². The smallest absolute Gasteiger partial charge is 0.222 e. The monoisotopic (exact) mass is 321 g/mol. The molecule has 4 nitrogen and oxygen atoms in total. The van der Waals surface area contributed by atoms with Crippen LogP contribution >= 0.6 is 0 Å². The number of likely N-dealkylation sites (tertiary alicyclic amines) is 1. The molecule has 1 amide bonds. The maximum absolute atomic E-state index is 13.0. The van der Waals surface area contributed by atoms with Crippen LogP contribution in [0.2, 0.25) is 0 Å². The summed E-state index contributed by atoms with van der Waals surface area (Å²) >= 11 is 0. The largest absolute Gasteiger partial charge is 0.382 e. The molecule has 1 aliphatic rings. The summed E-state index contributed by atoms with van der Waals surface area (Å²) in [6, 6.07) is 5.63. The summed E-state index contributed by atoms with van der Waals surface area (Å²) in [6.45, 7) is 4.35. The van der Waals surface area contributed by atoms with Crippen LogP contribution in [0.3, 0.4) is 0 Å². The zero-order valence-electron chi connectivity index (χ0n) is 13.6. The van der Waals surface area contributed by atoms with Gasteiger partial charge in [-0.15, -0.1) is 0 Å². The van der Waals surface area contributed by atoms with E-state index in [1.54, 1.807) is 4.90 Å². The molecule has 1 fully saturated rings. The van der Waals surface area contributed by atoms with E-state index in [9.17, 15) is 14.0 Å². The van der Waals surface area contributed by atoms with Crippen LogP contribution in [0.1, 0.15) is 43.0 Å². The number of hydrogen-bond donors (Lipinski definition) is 0. The van der Waals surface area contributed by atoms with E-state index in [4.69, 9.17) is 4.74 Å². The van der Waals surface area contributed by atoms with Crippen LogP contribution in [0.15, 0.2) is 24.3 Å². The maximum Gasteiger partial charge on any atom is 0.222 e. The van der Waals surface area contributed by atoms with Crippen LogP contribution in [-0.2, 0) is 9.53 Å². The van der Waals surface area contributed by atoms with Gasteiger partial charge in [-0.1, -0.05) is 0 Å². The van der Waals surface area contributed by atoms with Gasteiger partial charge in [0.15, 0.2) is 5.78 Å². The number of carbonyl (C=O) groups excluding carboxylic acids is 2. The second-order valence-electron chi connectivity index (χ2n) is 5.85. The molecule has 1 aromatic rings. The van der Waals surface area contributed by atoms with Crippen LogP contribution in [0.4, 0.5) is 4.39 Å². The van der Waals surface area contributed by atoms with Crippen molar-refractivity contribution in [1.29, 1.82) is 0 Å². The Morgan fingerprint density at radius 1 is 1.30 bits per heavy atom. The minimum atomic E-state index is -0.351. The average molecular weight is 321 g/mol. The second-order valence-corrected chi connectivity index (χ2v) is 5.85. The normalized spacial score (nSPS) is 18.0. The molecular weight excluding hydrogens is 297 g/mol. The first kappa shape index (κ1) is 17.6. The summed E-state index contributed by atoms with van der Waals surface area (Å²) in [4.78, 5) is 26.5. The summed E-state index contributed by atoms with van der Waals surface area (Å²) in [7, 11) is 0. The summed E-state index contributed by atoms with van der Waals surface area (Å²) in [5, 5.41) is 0. The molecule has 0 saturated carbocycles. The van der Waals surface area contributed by atoms with Crippen molar-refractivity contribution in [3.8, 4) is 0 Å². The van der Waals surface area contributed by atoms with E-state index in [0.29, 0.717) is 44.7 Å². The van der Waals surface area contributed by atoms with Crippen molar-refractivity contribution < 1.29 is 18.7 Å². The number of ketones is 1. The highest BCUT2D eigenvalue weighted by molar-refractivity contribution is 5.98. The van der Waals surface area contributed by atoms with Crippen LogP contribution in [0.5, 0.6) is 0 Å². The molecule has 0 aromatic heterocycles. The minimum Gasteiger partial charge on any atom is -0.382 e. The highest BCUT2D eigenvalue weighted by atomic mass is 19.1. The Bertz CT molecular complexity index is 530. The lowest BCUT2D eigenvalue weighted by Gasteiger charge is -2.32. The third-order valence-electron chi connectivity index (χ3n) is 4.16. The van der Waals surface area contributed by atoms with E-state index in [2.05, 4.69) is 0 Å². The summed E-state index contributed by atoms with van der Waals surface area (Å²) < 4.78 is 18.2. The number of halogens is 1. The molecular formula is C18H24FNO3. The van der Waals surface area contributed by atoms with Gasteiger partial charge >= 0.3 is 0 Å². The first-order chi connectivity index (χ1) is 11.1. The predicted octanol–water partition coefficient (Wildman–Crippen LogP) is 3.06. The van der Waals surface area contributed by atoms with Crippen LogP contribution in [0, 0.1) is 11.7 Å². The second kappa shape index (κ2) is 8.77. The third kappa shape index (κ3) is 5.13. The zero-order chi connectivity index (χ0) is 16.7. The predicted molar refractivity (Wildman–Crippen MR) is 85.8 cm³/mol. The molecule has 23 heavy (non-hydrogen) atoms. The van der Waals surface area contributed by atoms with Gasteiger partial charge in [-0.3, -0.25) is 9.59 Å². The third-order valence-corrected chi connectivity index (χ3v) is 4.16. The van der Waals surface area contributed by atoms with Gasteiger partial charge in [0, 0.05) is 44.2 Å². The van der Waals surface area contributed by atoms with E-state index >= 15 is 0 Å². The molecule has 126 valence electrons. The fourth-order valence-electron chi connectivity index (χ4n) is 2.90. The highest BCUT2D eigenvalue weighted by Gasteiger charge is 2.28. The topological polar surface area (TPSA) is 46.6 Å². The quantitative estimate of drug-likeness (QED) is 0.573. The van der Waals surface area contributed by atoms with E-state index in [1.807, 2.05) is 6.92 Å². The molecule has 0 N–H and O–H groups in total. The molecule has 0 radical (unpaired) electrons. The SMILES string of the molecule is CCOCCCC(=O)N1CCC[C@H](C(=O)c2ccc(F)cc2)C1. The van der Waals surface area contributed by atoms with Gasteiger partial charge in [0.2, 0.25) is 5.91 Å². The summed E-state index contributed by atoms with van der Waals surface area (Å²) in [5.41, 5.74) is 0.516. The van der Waals surface area contributed by atoms with E-state index in [1.165, 1.54) is 24.3 Å². The van der Waals surface area contributed by atoms with Gasteiger partial charge in [-0.05, 0) is 50.5 Å². The highest BCUT2D eigenvalue weighted by Crippen LogP contribution is 2.22. The molecule has 1 heterocycles. The van der Waals surface area contributed by atoms with Gasteiger partial charge in [0.25, 0.3) is 0 Å². The standard InChI is InChI=1S/C18H24FNO3/c1-2-23-12-4-6-17(21)20-11-3-5-15(13-20)18(22)14-7-9-16(19)10-8-14/h7-10,15H,2-6,11-13H2,1H3/t15-/m0/s1. The molecule has 2 rings (SSSR count). The van der Waals surface area contributed by atoms with Crippen LogP contribution in [-0.4, -0.2) is 42.9 Å². The zero-order valence-corrected chi connectivity index (χ0v) is 13.6. The molecule has 1 aromatic carbocycles. The molecule has 0 unspecified atom stereocenters. The van der Waals surface area contributed by atoms with E-state index < -0.39 is 0 Å². The van der Waals surface area contributed by atoms with Gasteiger partial charge in [0.1, 0.15) is 5.82 Å². The number of rotatable bonds is 7. The van der Waals surface area contributed by atoms with Crippen molar-refractivity contribution >= 4 is 11.7 Å². The van der Waals surface area contributed by atoms with Gasteiger partial charge < -0.3 is 9.64 Å². The lowest BCUT2D eigenvalue weighted by Crippen LogP contribution is -2.42. The van der Waals surface area contributed by atoms with Crippen molar-refractivity contribution in [3.05, 3.63) is 35.6 Å². The summed E-state index contributed by atoms with van der Waals surface area (Å²) in [6.07, 6.45) is 2.77. The number of carbonyl (C=O) groups is 2. The van der Waals surface area contributed by atoms with Crippen LogP contribution < -0.4 is 0 Å². The van der Waals surface area contributed by atoms with Gasteiger partial charge in [0.05, 0.1) is 0 Å². The lowest BCUT2D eigenvalue weighted by molar-refractivity contribution is -0.133. The number of Topliss-reactive ketones (excluding diaryl/α,β-unsaturated/α-hetero) is 1. The van der Waals surface area contributed by atoms with Crippen molar-refractivity contribution in [2.24, 2.45) is 5.92 Å². The molecule has 1 saturated heterocycles. The van der Waals surface area contributed by atoms with Gasteiger partial charge in [-0.2, -0.15) is 0 Å². The fourth-order valence-corrected chi connectivity index (χ4v) is 2.90. The molecule has 0 spiro atoms. The lowest BCUT2D eigenvalue weighted by atomic mass is 9.90. The Hall–Kier alpha value is -1.75. The molecule has 0 aliphatic carbocycles. The number of hydrogen-bond acceptors (Lipinski definition) is 3. The first-order valence-corrected chi connectivity index (χ1v) is 8.27. The Morgan fingerprint density at radius 3 is 2.74 bits per heavy atom. The summed E-state index contributed by atoms with van der Waals surface area (Å²) in [5.74, 6) is -0.459. The molecule has 5 heteroatoms. The van der Waals surface area contributed by atoms with Crippen molar-refractivity contribution in [2.45, 2.75) is 32.6 Å². The Kier molecular flexibility index (Phi) is 6.71. The Labute approximate surface area is 136 Å². The van der Waals surface area contributed by atoms with Crippen molar-refractivity contribution in [1.82, 2.24) is 4.90 Å². The number of benzene rings is 1.